The van der Waals surface area contributed by atoms with Gasteiger partial charge in [0.15, 0.2) is 0 Å². The van der Waals surface area contributed by atoms with Gasteiger partial charge in [-0.1, -0.05) is 0 Å². The second-order valence-corrected chi connectivity index (χ2v) is 7.44. The molecule has 1 amide bonds. The third-order valence-corrected chi connectivity index (χ3v) is 5.17. The molecule has 0 bridgehead atoms. The summed E-state index contributed by atoms with van der Waals surface area (Å²) in [5, 5.41) is 2.64. The predicted octanol–water partition coefficient (Wildman–Crippen LogP) is 2.18. The maximum absolute atomic E-state index is 12.2. The van der Waals surface area contributed by atoms with Gasteiger partial charge in [-0.25, -0.2) is 17.9 Å². The number of nitrogens with one attached hydrogen (secondary N) is 2. The minimum atomic E-state index is -3.71. The number of hydrogen-bond acceptors (Lipinski definition) is 6. The molecule has 2 aromatic carbocycles. The second-order valence-electron chi connectivity index (χ2n) is 5.67. The van der Waals surface area contributed by atoms with Crippen LogP contribution >= 0.6 is 0 Å². The summed E-state index contributed by atoms with van der Waals surface area (Å²) in [7, 11) is -2.22. The summed E-state index contributed by atoms with van der Waals surface area (Å²) in [4.78, 5) is 23.7. The SMILES string of the molecule is CCOC(=O)c1ccc(NC(=O)CCNS(=O)(=O)c2ccc(OC)cc2)cc1. The van der Waals surface area contributed by atoms with Gasteiger partial charge >= 0.3 is 5.97 Å². The summed E-state index contributed by atoms with van der Waals surface area (Å²) in [5.41, 5.74) is 0.878. The van der Waals surface area contributed by atoms with E-state index in [1.165, 1.54) is 19.2 Å². The average molecular weight is 406 g/mol. The Kier molecular flexibility index (Phi) is 7.53. The number of methoxy groups -OCH3 is 1. The lowest BCUT2D eigenvalue weighted by atomic mass is 10.2. The largest absolute Gasteiger partial charge is 0.497 e. The molecule has 2 N–H and O–H groups in total. The van der Waals surface area contributed by atoms with Crippen molar-refractivity contribution in [3.8, 4) is 5.75 Å². The van der Waals surface area contributed by atoms with Crippen LogP contribution in [-0.2, 0) is 19.6 Å². The van der Waals surface area contributed by atoms with E-state index in [0.717, 1.165) is 0 Å². The molecule has 0 atom stereocenters. The average Bonchev–Trinajstić information content (AvgIpc) is 2.68. The quantitative estimate of drug-likeness (QED) is 0.618. The van der Waals surface area contributed by atoms with Gasteiger partial charge in [0.2, 0.25) is 15.9 Å². The molecular weight excluding hydrogens is 384 g/mol. The van der Waals surface area contributed by atoms with Crippen LogP contribution in [0, 0.1) is 0 Å². The summed E-state index contributed by atoms with van der Waals surface area (Å²) >= 11 is 0. The van der Waals surface area contributed by atoms with Crippen LogP contribution in [0.5, 0.6) is 5.75 Å². The Morgan fingerprint density at radius 1 is 1.00 bits per heavy atom. The maximum atomic E-state index is 12.2. The maximum Gasteiger partial charge on any atom is 0.338 e. The monoisotopic (exact) mass is 406 g/mol. The van der Waals surface area contributed by atoms with Crippen LogP contribution in [0.3, 0.4) is 0 Å². The minimum absolute atomic E-state index is 0.0466. The number of carbonyl (C=O) groups excluding carboxylic acids is 2. The van der Waals surface area contributed by atoms with Crippen LogP contribution in [0.15, 0.2) is 53.4 Å². The van der Waals surface area contributed by atoms with Crippen LogP contribution in [-0.4, -0.2) is 40.6 Å². The topological polar surface area (TPSA) is 111 Å². The van der Waals surface area contributed by atoms with E-state index in [9.17, 15) is 18.0 Å². The Bertz CT molecular complexity index is 908. The number of carbonyl (C=O) groups is 2. The number of ether oxygens (including phenoxy) is 2. The highest BCUT2D eigenvalue weighted by atomic mass is 32.2. The summed E-state index contributed by atoms with van der Waals surface area (Å²) in [5.74, 6) is -0.248. The molecule has 150 valence electrons. The van der Waals surface area contributed by atoms with Crippen molar-refractivity contribution in [1.29, 1.82) is 0 Å². The van der Waals surface area contributed by atoms with E-state index in [-0.39, 0.29) is 30.4 Å². The van der Waals surface area contributed by atoms with E-state index in [1.807, 2.05) is 0 Å². The zero-order valence-corrected chi connectivity index (χ0v) is 16.4. The summed E-state index contributed by atoms with van der Waals surface area (Å²) in [6, 6.07) is 12.2. The first-order chi connectivity index (χ1) is 13.4. The van der Waals surface area contributed by atoms with Crippen LogP contribution in [0.25, 0.3) is 0 Å². The minimum Gasteiger partial charge on any atom is -0.497 e. The normalized spacial score (nSPS) is 10.9. The van der Waals surface area contributed by atoms with E-state index >= 15 is 0 Å². The van der Waals surface area contributed by atoms with Gasteiger partial charge in [0.25, 0.3) is 0 Å². The molecule has 0 aliphatic heterocycles. The Balaban J connectivity index is 1.84. The van der Waals surface area contributed by atoms with Gasteiger partial charge in [-0.2, -0.15) is 0 Å². The first-order valence-corrected chi connectivity index (χ1v) is 10.0. The Morgan fingerprint density at radius 2 is 1.64 bits per heavy atom. The lowest BCUT2D eigenvalue weighted by molar-refractivity contribution is -0.116. The zero-order valence-electron chi connectivity index (χ0n) is 15.6. The first-order valence-electron chi connectivity index (χ1n) is 8.56. The number of rotatable bonds is 9. The third-order valence-electron chi connectivity index (χ3n) is 3.69. The highest BCUT2D eigenvalue weighted by Gasteiger charge is 2.14. The third kappa shape index (κ3) is 6.07. The van der Waals surface area contributed by atoms with Crippen LogP contribution < -0.4 is 14.8 Å². The number of hydrogen-bond donors (Lipinski definition) is 2. The number of sulfonamides is 1. The van der Waals surface area contributed by atoms with E-state index in [1.54, 1.807) is 43.3 Å². The van der Waals surface area contributed by atoms with Crippen molar-refractivity contribution in [2.75, 3.05) is 25.6 Å². The highest BCUT2D eigenvalue weighted by Crippen LogP contribution is 2.15. The van der Waals surface area contributed by atoms with Gasteiger partial charge in [-0.05, 0) is 55.5 Å². The molecule has 8 nitrogen and oxygen atoms in total. The van der Waals surface area contributed by atoms with Crippen molar-refractivity contribution in [3.63, 3.8) is 0 Å². The zero-order chi connectivity index (χ0) is 20.6. The summed E-state index contributed by atoms with van der Waals surface area (Å²) < 4.78 is 36.6. The summed E-state index contributed by atoms with van der Waals surface area (Å²) in [6.45, 7) is 1.94. The molecular formula is C19H22N2O6S. The van der Waals surface area contributed by atoms with Crippen LogP contribution in [0.1, 0.15) is 23.7 Å². The molecule has 0 aromatic heterocycles. The molecule has 0 aliphatic carbocycles. The second kappa shape index (κ2) is 9.86. The van der Waals surface area contributed by atoms with Gasteiger partial charge < -0.3 is 14.8 Å². The fourth-order valence-electron chi connectivity index (χ4n) is 2.26. The molecule has 0 radical (unpaired) electrons. The number of benzene rings is 2. The summed E-state index contributed by atoms with van der Waals surface area (Å²) in [6.07, 6.45) is -0.0466. The standard InChI is InChI=1S/C19H22N2O6S/c1-3-27-19(23)14-4-6-15(7-5-14)21-18(22)12-13-20-28(24,25)17-10-8-16(26-2)9-11-17/h4-11,20H,3,12-13H2,1-2H3,(H,21,22). The molecule has 9 heteroatoms. The van der Waals surface area contributed by atoms with Gasteiger partial charge in [-0.15, -0.1) is 0 Å². The van der Waals surface area contributed by atoms with E-state index in [0.29, 0.717) is 17.0 Å². The van der Waals surface area contributed by atoms with Gasteiger partial charge in [0, 0.05) is 18.7 Å². The molecule has 0 aliphatic rings. The number of amides is 1. The number of esters is 1. The smallest absolute Gasteiger partial charge is 0.338 e. The Hall–Kier alpha value is -2.91. The fraction of sp³-hybridized carbons (Fsp3) is 0.263. The molecule has 28 heavy (non-hydrogen) atoms. The molecule has 0 saturated heterocycles. The van der Waals surface area contributed by atoms with Crippen molar-refractivity contribution >= 4 is 27.6 Å². The molecule has 2 rings (SSSR count). The highest BCUT2D eigenvalue weighted by molar-refractivity contribution is 7.89. The van der Waals surface area contributed by atoms with E-state index in [4.69, 9.17) is 9.47 Å². The number of anilines is 1. The molecule has 0 fully saturated rings. The Labute approximate surface area is 163 Å². The Morgan fingerprint density at radius 3 is 2.21 bits per heavy atom. The predicted molar refractivity (Wildman–Crippen MR) is 104 cm³/mol. The van der Waals surface area contributed by atoms with Crippen molar-refractivity contribution in [2.45, 2.75) is 18.2 Å². The van der Waals surface area contributed by atoms with Crippen molar-refractivity contribution < 1.29 is 27.5 Å². The van der Waals surface area contributed by atoms with Crippen molar-refractivity contribution in [3.05, 3.63) is 54.1 Å². The fourth-order valence-corrected chi connectivity index (χ4v) is 3.30. The molecule has 0 spiro atoms. The van der Waals surface area contributed by atoms with Gasteiger partial charge in [-0.3, -0.25) is 4.79 Å². The van der Waals surface area contributed by atoms with Crippen LogP contribution in [0.2, 0.25) is 0 Å². The van der Waals surface area contributed by atoms with Crippen LogP contribution in [0.4, 0.5) is 5.69 Å². The molecule has 2 aromatic rings. The molecule has 0 heterocycles. The molecule has 0 saturated carbocycles. The van der Waals surface area contributed by atoms with Gasteiger partial charge in [0.05, 0.1) is 24.2 Å². The lowest BCUT2D eigenvalue weighted by Crippen LogP contribution is -2.27. The lowest BCUT2D eigenvalue weighted by Gasteiger charge is -2.09. The van der Waals surface area contributed by atoms with E-state index in [2.05, 4.69) is 10.0 Å². The van der Waals surface area contributed by atoms with Crippen molar-refractivity contribution in [2.24, 2.45) is 0 Å². The van der Waals surface area contributed by atoms with Gasteiger partial charge in [0.1, 0.15) is 5.75 Å². The van der Waals surface area contributed by atoms with Crippen molar-refractivity contribution in [1.82, 2.24) is 4.72 Å². The van der Waals surface area contributed by atoms with E-state index < -0.39 is 16.0 Å². The molecule has 0 unspecified atom stereocenters. The first kappa shape index (κ1) is 21.4.